The third-order valence-corrected chi connectivity index (χ3v) is 4.89. The molecule has 2 rings (SSSR count). The monoisotopic (exact) mass is 313 g/mol. The van der Waals surface area contributed by atoms with Crippen LogP contribution in [-0.2, 0) is 4.84 Å². The molecule has 0 amide bonds. The van der Waals surface area contributed by atoms with Crippen molar-refractivity contribution in [2.24, 2.45) is 5.16 Å². The number of benzene rings is 1. The normalized spacial score (nSPS) is 17.1. The Morgan fingerprint density at radius 1 is 1.47 bits per heavy atom. The lowest BCUT2D eigenvalue weighted by atomic mass is 9.99. The average molecular weight is 314 g/mol. The molecular weight excluding hydrogens is 298 g/mol. The summed E-state index contributed by atoms with van der Waals surface area (Å²) in [5, 5.41) is 4.27. The second-order valence-electron chi connectivity index (χ2n) is 4.06. The smallest absolute Gasteiger partial charge is 0.114 e. The molecule has 2 nitrogen and oxygen atoms in total. The first-order chi connectivity index (χ1) is 8.15. The van der Waals surface area contributed by atoms with E-state index in [-0.39, 0.29) is 0 Å². The van der Waals surface area contributed by atoms with Crippen molar-refractivity contribution in [3.8, 4) is 0 Å². The molecule has 0 aromatic heterocycles. The van der Waals surface area contributed by atoms with Gasteiger partial charge in [0, 0.05) is 27.1 Å². The highest BCUT2D eigenvalue weighted by atomic mass is 79.9. The highest BCUT2D eigenvalue weighted by molar-refractivity contribution is 9.10. The van der Waals surface area contributed by atoms with Gasteiger partial charge in [-0.25, -0.2) is 0 Å². The number of thioether (sulfide) groups is 1. The van der Waals surface area contributed by atoms with Crippen LogP contribution in [0.25, 0.3) is 0 Å². The van der Waals surface area contributed by atoms with E-state index in [0.29, 0.717) is 6.61 Å². The quantitative estimate of drug-likeness (QED) is 0.759. The summed E-state index contributed by atoms with van der Waals surface area (Å²) >= 11 is 5.53. The molecule has 0 saturated heterocycles. The van der Waals surface area contributed by atoms with Gasteiger partial charge in [0.1, 0.15) is 6.61 Å². The maximum atomic E-state index is 5.23. The van der Waals surface area contributed by atoms with Gasteiger partial charge in [0.2, 0.25) is 0 Å². The maximum Gasteiger partial charge on any atom is 0.114 e. The third kappa shape index (κ3) is 2.52. The Hall–Kier alpha value is -0.480. The van der Waals surface area contributed by atoms with Gasteiger partial charge in [0.25, 0.3) is 0 Å². The van der Waals surface area contributed by atoms with Gasteiger partial charge in [-0.05, 0) is 38.0 Å². The molecule has 1 heterocycles. The highest BCUT2D eigenvalue weighted by Gasteiger charge is 2.22. The van der Waals surface area contributed by atoms with E-state index in [1.54, 1.807) is 0 Å². The number of fused-ring (bicyclic) bond motifs is 1. The minimum absolute atomic E-state index is 0.623. The fourth-order valence-electron chi connectivity index (χ4n) is 1.99. The van der Waals surface area contributed by atoms with E-state index >= 15 is 0 Å². The van der Waals surface area contributed by atoms with Crippen LogP contribution in [0.15, 0.2) is 20.6 Å². The van der Waals surface area contributed by atoms with Crippen LogP contribution in [0.3, 0.4) is 0 Å². The maximum absolute atomic E-state index is 5.23. The molecule has 0 radical (unpaired) electrons. The van der Waals surface area contributed by atoms with Gasteiger partial charge < -0.3 is 4.84 Å². The van der Waals surface area contributed by atoms with Gasteiger partial charge in [-0.2, -0.15) is 0 Å². The van der Waals surface area contributed by atoms with E-state index < -0.39 is 0 Å². The standard InChI is InChI=1S/C13H16BrNOS/c1-4-16-15-11-5-6-17-13-8(2)7-10(14)9(3)12(11)13/h7H,4-6H2,1-3H3. The van der Waals surface area contributed by atoms with Crippen molar-refractivity contribution in [1.29, 1.82) is 0 Å². The van der Waals surface area contributed by atoms with Gasteiger partial charge in [-0.1, -0.05) is 21.1 Å². The molecule has 0 N–H and O–H groups in total. The second-order valence-corrected chi connectivity index (χ2v) is 6.02. The zero-order valence-electron chi connectivity index (χ0n) is 10.3. The van der Waals surface area contributed by atoms with Crippen LogP contribution in [0, 0.1) is 13.8 Å². The molecule has 0 spiro atoms. The Morgan fingerprint density at radius 3 is 2.94 bits per heavy atom. The number of nitrogens with zero attached hydrogens (tertiary/aromatic N) is 1. The topological polar surface area (TPSA) is 21.6 Å². The molecule has 1 aromatic rings. The van der Waals surface area contributed by atoms with Crippen molar-refractivity contribution in [1.82, 2.24) is 0 Å². The summed E-state index contributed by atoms with van der Waals surface area (Å²) in [6.45, 7) is 6.87. The Morgan fingerprint density at radius 2 is 2.24 bits per heavy atom. The van der Waals surface area contributed by atoms with E-state index in [4.69, 9.17) is 4.84 Å². The van der Waals surface area contributed by atoms with Gasteiger partial charge in [-0.15, -0.1) is 11.8 Å². The molecule has 92 valence electrons. The first kappa shape index (κ1) is 13.0. The summed E-state index contributed by atoms with van der Waals surface area (Å²) in [6, 6.07) is 2.19. The Balaban J connectivity index is 2.56. The third-order valence-electron chi connectivity index (χ3n) is 2.84. The number of aryl methyl sites for hydroxylation is 1. The van der Waals surface area contributed by atoms with Crippen molar-refractivity contribution < 1.29 is 4.84 Å². The molecule has 17 heavy (non-hydrogen) atoms. The van der Waals surface area contributed by atoms with Crippen LogP contribution in [0.1, 0.15) is 30.0 Å². The SMILES string of the molecule is CCON=C1CCSc2c(C)cc(Br)c(C)c21. The van der Waals surface area contributed by atoms with Crippen LogP contribution in [-0.4, -0.2) is 18.1 Å². The molecule has 0 atom stereocenters. The molecule has 1 aromatic carbocycles. The molecular formula is C13H16BrNOS. The second kappa shape index (κ2) is 5.44. The van der Waals surface area contributed by atoms with E-state index in [9.17, 15) is 0 Å². The Labute approximate surface area is 115 Å². The van der Waals surface area contributed by atoms with Crippen molar-refractivity contribution in [2.45, 2.75) is 32.1 Å². The molecule has 1 aliphatic heterocycles. The molecule has 0 aliphatic carbocycles. The van der Waals surface area contributed by atoms with Crippen LogP contribution >= 0.6 is 27.7 Å². The Kier molecular flexibility index (Phi) is 4.15. The van der Waals surface area contributed by atoms with Gasteiger partial charge >= 0.3 is 0 Å². The molecule has 0 bridgehead atoms. The minimum Gasteiger partial charge on any atom is -0.396 e. The fraction of sp³-hybridized carbons (Fsp3) is 0.462. The summed E-state index contributed by atoms with van der Waals surface area (Å²) in [4.78, 5) is 6.58. The van der Waals surface area contributed by atoms with E-state index in [2.05, 4.69) is 41.0 Å². The van der Waals surface area contributed by atoms with Crippen molar-refractivity contribution in [3.63, 3.8) is 0 Å². The summed E-state index contributed by atoms with van der Waals surface area (Å²) < 4.78 is 1.15. The van der Waals surface area contributed by atoms with Crippen molar-refractivity contribution in [2.75, 3.05) is 12.4 Å². The first-order valence-corrected chi connectivity index (χ1v) is 7.54. The van der Waals surface area contributed by atoms with Crippen LogP contribution < -0.4 is 0 Å². The summed E-state index contributed by atoms with van der Waals surface area (Å²) in [6.07, 6.45) is 0.981. The average Bonchev–Trinajstić information content (AvgIpc) is 2.33. The van der Waals surface area contributed by atoms with Crippen LogP contribution in [0.4, 0.5) is 0 Å². The fourth-order valence-corrected chi connectivity index (χ4v) is 3.74. The molecule has 1 aliphatic rings. The van der Waals surface area contributed by atoms with Gasteiger partial charge in [0.05, 0.1) is 5.71 Å². The van der Waals surface area contributed by atoms with Gasteiger partial charge in [-0.3, -0.25) is 0 Å². The predicted octanol–water partition coefficient (Wildman–Crippen LogP) is 4.30. The van der Waals surface area contributed by atoms with Crippen LogP contribution in [0.2, 0.25) is 0 Å². The first-order valence-electron chi connectivity index (χ1n) is 5.76. The largest absolute Gasteiger partial charge is 0.396 e. The van der Waals surface area contributed by atoms with Crippen molar-refractivity contribution >= 4 is 33.4 Å². The van der Waals surface area contributed by atoms with E-state index in [1.165, 1.54) is 21.6 Å². The number of halogens is 1. The van der Waals surface area contributed by atoms with E-state index in [1.807, 2.05) is 18.7 Å². The Bertz CT molecular complexity index is 471. The van der Waals surface area contributed by atoms with Crippen molar-refractivity contribution in [3.05, 3.63) is 27.2 Å². The zero-order valence-corrected chi connectivity index (χ0v) is 12.7. The molecule has 0 fully saturated rings. The van der Waals surface area contributed by atoms with E-state index in [0.717, 1.165) is 22.4 Å². The molecule has 0 saturated carbocycles. The lowest BCUT2D eigenvalue weighted by Crippen LogP contribution is -2.14. The number of hydrogen-bond donors (Lipinski definition) is 0. The number of oxime groups is 1. The highest BCUT2D eigenvalue weighted by Crippen LogP contribution is 2.38. The number of hydrogen-bond acceptors (Lipinski definition) is 3. The molecule has 4 heteroatoms. The lowest BCUT2D eigenvalue weighted by Gasteiger charge is -2.22. The minimum atomic E-state index is 0.623. The summed E-state index contributed by atoms with van der Waals surface area (Å²) in [5.74, 6) is 1.08. The van der Waals surface area contributed by atoms with Crippen LogP contribution in [0.5, 0.6) is 0 Å². The number of rotatable bonds is 2. The van der Waals surface area contributed by atoms with Gasteiger partial charge in [0.15, 0.2) is 0 Å². The predicted molar refractivity (Wildman–Crippen MR) is 77.1 cm³/mol. The zero-order chi connectivity index (χ0) is 12.4. The molecule has 0 unspecified atom stereocenters. The summed E-state index contributed by atoms with van der Waals surface area (Å²) in [7, 11) is 0. The summed E-state index contributed by atoms with van der Waals surface area (Å²) in [5.41, 5.74) is 4.92. The lowest BCUT2D eigenvalue weighted by molar-refractivity contribution is 0.158.